The summed E-state index contributed by atoms with van der Waals surface area (Å²) in [4.78, 5) is 4.67. The summed E-state index contributed by atoms with van der Waals surface area (Å²) < 4.78 is 5.14. The van der Waals surface area contributed by atoms with Gasteiger partial charge in [-0.3, -0.25) is 0 Å². The maximum absolute atomic E-state index is 10.5. The number of hydrogen-bond donors (Lipinski definition) is 2. The fraction of sp³-hybridized carbons (Fsp3) is 0.250. The molecule has 0 fully saturated rings. The number of aliphatic hydroxyl groups is 1. The molecule has 2 rings (SSSR count). The van der Waals surface area contributed by atoms with E-state index in [-0.39, 0.29) is 0 Å². The molecule has 3 N–H and O–H groups in total. The largest absolute Gasteiger partial charge is 0.497 e. The Morgan fingerprint density at radius 1 is 1.47 bits per heavy atom. The average Bonchev–Trinajstić information content (AvgIpc) is 2.76. The van der Waals surface area contributed by atoms with E-state index in [9.17, 15) is 5.11 Å². The Bertz CT molecular complexity index is 523. The van der Waals surface area contributed by atoms with E-state index in [4.69, 9.17) is 10.5 Å². The third-order valence-corrected chi connectivity index (χ3v) is 3.67. The van der Waals surface area contributed by atoms with E-state index in [1.54, 1.807) is 26.3 Å². The lowest BCUT2D eigenvalue weighted by atomic mass is 9.95. The molecule has 0 saturated carbocycles. The Balaban J connectivity index is 2.43. The second-order valence-electron chi connectivity index (χ2n) is 3.87. The van der Waals surface area contributed by atoms with Gasteiger partial charge in [-0.2, -0.15) is 0 Å². The van der Waals surface area contributed by atoms with Crippen LogP contribution >= 0.6 is 11.3 Å². The van der Waals surface area contributed by atoms with Crippen LogP contribution in [0.4, 0.5) is 5.13 Å². The molecule has 0 aliphatic heterocycles. The van der Waals surface area contributed by atoms with E-state index in [0.717, 1.165) is 5.56 Å². The Hall–Kier alpha value is -1.59. The molecular formula is C12H14N2O2S. The Labute approximate surface area is 104 Å². The number of aromatic nitrogens is 1. The van der Waals surface area contributed by atoms with Crippen molar-refractivity contribution in [3.63, 3.8) is 0 Å². The number of thiazole rings is 1. The van der Waals surface area contributed by atoms with Gasteiger partial charge in [0.1, 0.15) is 11.4 Å². The predicted molar refractivity (Wildman–Crippen MR) is 68.2 cm³/mol. The molecule has 1 heterocycles. The van der Waals surface area contributed by atoms with Gasteiger partial charge in [0.05, 0.1) is 12.0 Å². The van der Waals surface area contributed by atoms with Crippen molar-refractivity contribution in [1.82, 2.24) is 4.98 Å². The van der Waals surface area contributed by atoms with E-state index in [2.05, 4.69) is 4.98 Å². The summed E-state index contributed by atoms with van der Waals surface area (Å²) in [7, 11) is 1.60. The smallest absolute Gasteiger partial charge is 0.180 e. The van der Waals surface area contributed by atoms with Crippen LogP contribution in [0.1, 0.15) is 17.4 Å². The third kappa shape index (κ3) is 2.25. The van der Waals surface area contributed by atoms with E-state index >= 15 is 0 Å². The highest BCUT2D eigenvalue weighted by Gasteiger charge is 2.28. The van der Waals surface area contributed by atoms with Gasteiger partial charge in [-0.15, -0.1) is 0 Å². The molecule has 4 nitrogen and oxygen atoms in total. The van der Waals surface area contributed by atoms with Crippen LogP contribution in [0.2, 0.25) is 0 Å². The summed E-state index contributed by atoms with van der Waals surface area (Å²) in [6, 6.07) is 7.32. The minimum Gasteiger partial charge on any atom is -0.497 e. The highest BCUT2D eigenvalue weighted by molar-refractivity contribution is 7.15. The number of methoxy groups -OCH3 is 1. The molecule has 5 heteroatoms. The number of ether oxygens (including phenoxy) is 1. The Morgan fingerprint density at radius 2 is 2.24 bits per heavy atom. The van der Waals surface area contributed by atoms with Crippen molar-refractivity contribution in [3.05, 3.63) is 40.9 Å². The molecule has 1 aromatic carbocycles. The predicted octanol–water partition coefficient (Wildman–Crippen LogP) is 1.99. The Kier molecular flexibility index (Phi) is 3.04. The second kappa shape index (κ2) is 4.35. The molecule has 1 aromatic heterocycles. The third-order valence-electron chi connectivity index (χ3n) is 2.64. The number of anilines is 1. The highest BCUT2D eigenvalue weighted by Crippen LogP contribution is 2.34. The van der Waals surface area contributed by atoms with Gasteiger partial charge in [-0.25, -0.2) is 4.98 Å². The molecular weight excluding hydrogens is 236 g/mol. The van der Waals surface area contributed by atoms with Gasteiger partial charge in [-0.1, -0.05) is 23.5 Å². The van der Waals surface area contributed by atoms with Crippen molar-refractivity contribution in [2.45, 2.75) is 12.5 Å². The van der Waals surface area contributed by atoms with E-state index < -0.39 is 5.60 Å². The average molecular weight is 250 g/mol. The van der Waals surface area contributed by atoms with Crippen molar-refractivity contribution in [2.24, 2.45) is 0 Å². The first-order chi connectivity index (χ1) is 8.04. The van der Waals surface area contributed by atoms with Gasteiger partial charge in [-0.05, 0) is 24.6 Å². The van der Waals surface area contributed by atoms with Gasteiger partial charge in [0.25, 0.3) is 0 Å². The summed E-state index contributed by atoms with van der Waals surface area (Å²) >= 11 is 1.28. The lowest BCUT2D eigenvalue weighted by molar-refractivity contribution is 0.106. The number of rotatable bonds is 3. The fourth-order valence-corrected chi connectivity index (χ4v) is 2.33. The molecule has 2 aromatic rings. The maximum atomic E-state index is 10.5. The van der Waals surface area contributed by atoms with Crippen LogP contribution in [0.5, 0.6) is 5.75 Å². The molecule has 0 aliphatic carbocycles. The zero-order valence-corrected chi connectivity index (χ0v) is 10.5. The Morgan fingerprint density at radius 3 is 2.82 bits per heavy atom. The first-order valence-corrected chi connectivity index (χ1v) is 5.94. The number of hydrogen-bond acceptors (Lipinski definition) is 5. The second-order valence-corrected chi connectivity index (χ2v) is 4.93. The van der Waals surface area contributed by atoms with E-state index in [1.807, 2.05) is 18.2 Å². The molecule has 0 aliphatic rings. The van der Waals surface area contributed by atoms with Crippen LogP contribution in [-0.4, -0.2) is 17.2 Å². The van der Waals surface area contributed by atoms with Crippen molar-refractivity contribution in [3.8, 4) is 5.75 Å². The normalized spacial score (nSPS) is 14.3. The molecule has 17 heavy (non-hydrogen) atoms. The molecule has 0 bridgehead atoms. The van der Waals surface area contributed by atoms with Crippen LogP contribution in [0.25, 0.3) is 0 Å². The van der Waals surface area contributed by atoms with Crippen LogP contribution in [-0.2, 0) is 5.60 Å². The maximum Gasteiger partial charge on any atom is 0.180 e. The molecule has 0 amide bonds. The van der Waals surface area contributed by atoms with Gasteiger partial charge >= 0.3 is 0 Å². The fourth-order valence-electron chi connectivity index (χ4n) is 1.58. The highest BCUT2D eigenvalue weighted by atomic mass is 32.1. The van der Waals surface area contributed by atoms with Crippen molar-refractivity contribution < 1.29 is 9.84 Å². The monoisotopic (exact) mass is 250 g/mol. The first kappa shape index (κ1) is 11.9. The van der Waals surface area contributed by atoms with Crippen LogP contribution in [0.3, 0.4) is 0 Å². The van der Waals surface area contributed by atoms with Crippen LogP contribution < -0.4 is 10.5 Å². The van der Waals surface area contributed by atoms with E-state index in [0.29, 0.717) is 15.8 Å². The first-order valence-electron chi connectivity index (χ1n) is 5.12. The van der Waals surface area contributed by atoms with Gasteiger partial charge < -0.3 is 15.6 Å². The number of nitrogens with zero attached hydrogens (tertiary/aromatic N) is 1. The zero-order valence-electron chi connectivity index (χ0n) is 9.68. The zero-order chi connectivity index (χ0) is 12.5. The van der Waals surface area contributed by atoms with E-state index in [1.165, 1.54) is 11.3 Å². The minimum absolute atomic E-state index is 0.447. The SMILES string of the molecule is COc1cccc(C(C)(O)c2cnc(N)s2)c1. The number of nitrogens with two attached hydrogens (primary N) is 1. The quantitative estimate of drug-likeness (QED) is 0.874. The lowest BCUT2D eigenvalue weighted by Crippen LogP contribution is -2.21. The molecule has 90 valence electrons. The number of nitrogen functional groups attached to an aromatic ring is 1. The molecule has 0 spiro atoms. The summed E-state index contributed by atoms with van der Waals surface area (Å²) in [5, 5.41) is 11.0. The minimum atomic E-state index is -1.11. The standard InChI is InChI=1S/C12H14N2O2S/c1-12(15,10-7-14-11(13)17-10)8-4-3-5-9(6-8)16-2/h3-7,15H,1-2H3,(H2,13,14). The van der Waals surface area contributed by atoms with Crippen molar-refractivity contribution in [1.29, 1.82) is 0 Å². The van der Waals surface area contributed by atoms with Gasteiger partial charge in [0, 0.05) is 6.20 Å². The summed E-state index contributed by atoms with van der Waals surface area (Å²) in [5.41, 5.74) is 5.22. The summed E-state index contributed by atoms with van der Waals surface area (Å²) in [6.07, 6.45) is 1.60. The lowest BCUT2D eigenvalue weighted by Gasteiger charge is -2.22. The molecule has 0 radical (unpaired) electrons. The molecule has 1 atom stereocenters. The van der Waals surface area contributed by atoms with Gasteiger partial charge in [0.15, 0.2) is 5.13 Å². The summed E-state index contributed by atoms with van der Waals surface area (Å²) in [6.45, 7) is 1.72. The van der Waals surface area contributed by atoms with Crippen LogP contribution in [0.15, 0.2) is 30.5 Å². The topological polar surface area (TPSA) is 68.4 Å². The van der Waals surface area contributed by atoms with Crippen molar-refractivity contribution in [2.75, 3.05) is 12.8 Å². The summed E-state index contributed by atoms with van der Waals surface area (Å²) in [5.74, 6) is 0.709. The number of benzene rings is 1. The van der Waals surface area contributed by atoms with Crippen LogP contribution in [0, 0.1) is 0 Å². The molecule has 0 saturated heterocycles. The van der Waals surface area contributed by atoms with Crippen molar-refractivity contribution >= 4 is 16.5 Å². The van der Waals surface area contributed by atoms with Gasteiger partial charge in [0.2, 0.25) is 0 Å². The molecule has 1 unspecified atom stereocenters.